The zero-order valence-electron chi connectivity index (χ0n) is 23.8. The number of rotatable bonds is 6. The molecule has 6 aromatic rings. The van der Waals surface area contributed by atoms with Crippen LogP contribution in [0.1, 0.15) is 25.0 Å². The molecule has 0 aromatic heterocycles. The predicted molar refractivity (Wildman–Crippen MR) is 182 cm³/mol. The fourth-order valence-corrected chi connectivity index (χ4v) is 10.7. The Morgan fingerprint density at radius 1 is 0.429 bits per heavy atom. The first-order valence-corrected chi connectivity index (χ1v) is 17.1. The Hall–Kier alpha value is -4.02. The zero-order chi connectivity index (χ0) is 28.5. The molecule has 0 bridgehead atoms. The van der Waals surface area contributed by atoms with Crippen molar-refractivity contribution in [2.24, 2.45) is 0 Å². The van der Waals surface area contributed by atoms with Gasteiger partial charge in [-0.05, 0) is 54.5 Å². The van der Waals surface area contributed by atoms with Gasteiger partial charge in [-0.25, -0.2) is 0 Å². The van der Waals surface area contributed by atoms with Crippen LogP contribution in [0.15, 0.2) is 158 Å². The molecule has 0 saturated heterocycles. The highest BCUT2D eigenvalue weighted by Crippen LogP contribution is 2.50. The molecule has 0 radical (unpaired) electrons. The van der Waals surface area contributed by atoms with Crippen molar-refractivity contribution in [2.75, 3.05) is 0 Å². The highest BCUT2D eigenvalue weighted by molar-refractivity contribution is 7.80. The van der Waals surface area contributed by atoms with Gasteiger partial charge in [0, 0.05) is 21.8 Å². The monoisotopic (exact) mass is 578 g/mol. The fourth-order valence-electron chi connectivity index (χ4n) is 5.97. The van der Waals surface area contributed by atoms with E-state index in [0.717, 1.165) is 11.5 Å². The van der Waals surface area contributed by atoms with E-state index in [0.29, 0.717) is 0 Å². The second-order valence-corrected chi connectivity index (χ2v) is 15.5. The van der Waals surface area contributed by atoms with Crippen molar-refractivity contribution in [3.63, 3.8) is 0 Å². The molecule has 0 N–H and O–H groups in total. The van der Waals surface area contributed by atoms with E-state index < -0.39 is 15.8 Å². The summed E-state index contributed by atoms with van der Waals surface area (Å²) in [6, 6.07) is 57.2. The van der Waals surface area contributed by atoms with E-state index in [1.54, 1.807) is 0 Å². The molecule has 6 aromatic carbocycles. The number of fused-ring (bicyclic) bond motifs is 2. The molecule has 3 heteroatoms. The van der Waals surface area contributed by atoms with Gasteiger partial charge in [-0.15, -0.1) is 0 Å². The van der Waals surface area contributed by atoms with Crippen molar-refractivity contribution in [3.05, 3.63) is 169 Å². The number of benzene rings is 6. The van der Waals surface area contributed by atoms with Crippen LogP contribution in [0, 0.1) is 0 Å². The van der Waals surface area contributed by atoms with Gasteiger partial charge in [0.05, 0.1) is 0 Å². The minimum absolute atomic E-state index is 0.225. The first-order valence-electron chi connectivity index (χ1n) is 14.4. The van der Waals surface area contributed by atoms with Crippen molar-refractivity contribution < 1.29 is 4.74 Å². The summed E-state index contributed by atoms with van der Waals surface area (Å²) in [6.45, 7) is 4.70. The van der Waals surface area contributed by atoms with Gasteiger partial charge >= 0.3 is 0 Å². The molecule has 1 nitrogen and oxygen atoms in total. The van der Waals surface area contributed by atoms with Crippen molar-refractivity contribution in [3.8, 4) is 11.5 Å². The van der Waals surface area contributed by atoms with E-state index in [9.17, 15) is 0 Å². The van der Waals surface area contributed by atoms with Gasteiger partial charge in [0.1, 0.15) is 11.5 Å². The van der Waals surface area contributed by atoms with Crippen LogP contribution in [-0.4, -0.2) is 0 Å². The standard InChI is InChI=1S/C39H32OP2/c1-39(2)34-24-15-25-37(42(31-20-11-5-12-21-31)32-22-13-6-14-23-32)38(34)40-36-27-26-33(28-35(36)39)41(29-16-7-3-8-17-29)30-18-9-4-10-19-30/h3-28H,1-2H3. The number of ether oxygens (including phenoxy) is 1. The molecule has 1 aliphatic heterocycles. The molecule has 0 fully saturated rings. The highest BCUT2D eigenvalue weighted by Gasteiger charge is 2.37. The molecule has 0 aliphatic carbocycles. The van der Waals surface area contributed by atoms with Crippen LogP contribution in [0.3, 0.4) is 0 Å². The summed E-state index contributed by atoms with van der Waals surface area (Å²) in [5, 5.41) is 7.96. The Labute approximate surface area is 251 Å². The Bertz CT molecular complexity index is 1730. The molecule has 0 atom stereocenters. The molecule has 1 heterocycles. The van der Waals surface area contributed by atoms with E-state index in [-0.39, 0.29) is 5.41 Å². The van der Waals surface area contributed by atoms with Crippen molar-refractivity contribution >= 4 is 47.7 Å². The van der Waals surface area contributed by atoms with Crippen LogP contribution in [0.25, 0.3) is 0 Å². The first-order chi connectivity index (χ1) is 20.6. The molecular formula is C39H32OP2. The second-order valence-electron chi connectivity index (χ2n) is 11.1. The molecule has 1 aliphatic rings. The van der Waals surface area contributed by atoms with Crippen LogP contribution in [0.5, 0.6) is 11.5 Å². The molecular weight excluding hydrogens is 546 g/mol. The summed E-state index contributed by atoms with van der Waals surface area (Å²) in [4.78, 5) is 0. The minimum atomic E-state index is -0.790. The van der Waals surface area contributed by atoms with Crippen LogP contribution in [0.2, 0.25) is 0 Å². The Balaban J connectivity index is 1.36. The maximum absolute atomic E-state index is 6.94. The lowest BCUT2D eigenvalue weighted by Gasteiger charge is -2.37. The van der Waals surface area contributed by atoms with Gasteiger partial charge in [-0.2, -0.15) is 0 Å². The van der Waals surface area contributed by atoms with Gasteiger partial charge in [0.15, 0.2) is 0 Å². The van der Waals surface area contributed by atoms with E-state index in [4.69, 9.17) is 4.74 Å². The number of para-hydroxylation sites is 1. The normalized spacial score (nSPS) is 13.3. The van der Waals surface area contributed by atoms with Crippen molar-refractivity contribution in [1.82, 2.24) is 0 Å². The van der Waals surface area contributed by atoms with Crippen molar-refractivity contribution in [1.29, 1.82) is 0 Å². The summed E-state index contributed by atoms with van der Waals surface area (Å²) < 4.78 is 6.94. The average Bonchev–Trinajstić information content (AvgIpc) is 3.04. The summed E-state index contributed by atoms with van der Waals surface area (Å²) in [7, 11) is -1.49. The van der Waals surface area contributed by atoms with Crippen LogP contribution >= 0.6 is 15.8 Å². The van der Waals surface area contributed by atoms with Crippen LogP contribution in [0.4, 0.5) is 0 Å². The van der Waals surface area contributed by atoms with Crippen LogP contribution < -0.4 is 36.6 Å². The Morgan fingerprint density at radius 3 is 1.40 bits per heavy atom. The summed E-state index contributed by atoms with van der Waals surface area (Å²) in [6.07, 6.45) is 0. The minimum Gasteiger partial charge on any atom is -0.456 e. The molecule has 0 saturated carbocycles. The topological polar surface area (TPSA) is 9.23 Å². The SMILES string of the molecule is CC1(C)c2cc(P(c3ccccc3)c3ccccc3)ccc2Oc2c(P(c3ccccc3)c3ccccc3)cccc21. The molecule has 0 amide bonds. The second kappa shape index (κ2) is 11.3. The van der Waals surface area contributed by atoms with E-state index >= 15 is 0 Å². The number of hydrogen-bond donors (Lipinski definition) is 0. The number of hydrogen-bond acceptors (Lipinski definition) is 1. The maximum atomic E-state index is 6.94. The van der Waals surface area contributed by atoms with E-state index in [1.807, 2.05) is 0 Å². The van der Waals surface area contributed by atoms with Crippen LogP contribution in [-0.2, 0) is 5.41 Å². The third-order valence-corrected chi connectivity index (χ3v) is 13.0. The third-order valence-electron chi connectivity index (χ3n) is 8.07. The lowest BCUT2D eigenvalue weighted by molar-refractivity contribution is 0.422. The first kappa shape index (κ1) is 26.9. The quantitative estimate of drug-likeness (QED) is 0.185. The van der Waals surface area contributed by atoms with Gasteiger partial charge in [0.2, 0.25) is 0 Å². The predicted octanol–water partition coefficient (Wildman–Crippen LogP) is 7.63. The lowest BCUT2D eigenvalue weighted by atomic mass is 9.76. The van der Waals surface area contributed by atoms with Gasteiger partial charge in [-0.1, -0.05) is 159 Å². The summed E-state index contributed by atoms with van der Waals surface area (Å²) in [5.74, 6) is 1.96. The molecule has 7 rings (SSSR count). The summed E-state index contributed by atoms with van der Waals surface area (Å²) in [5.41, 5.74) is 2.26. The highest BCUT2D eigenvalue weighted by atomic mass is 31.1. The van der Waals surface area contributed by atoms with Gasteiger partial charge in [0.25, 0.3) is 0 Å². The molecule has 0 unspecified atom stereocenters. The average molecular weight is 579 g/mol. The van der Waals surface area contributed by atoms with Crippen molar-refractivity contribution in [2.45, 2.75) is 19.3 Å². The lowest BCUT2D eigenvalue weighted by Crippen LogP contribution is -2.31. The molecule has 204 valence electrons. The van der Waals surface area contributed by atoms with E-state index in [1.165, 1.54) is 43.0 Å². The smallest absolute Gasteiger partial charge is 0.139 e. The van der Waals surface area contributed by atoms with Gasteiger partial charge < -0.3 is 4.74 Å². The summed E-state index contributed by atoms with van der Waals surface area (Å²) >= 11 is 0. The zero-order valence-corrected chi connectivity index (χ0v) is 25.6. The van der Waals surface area contributed by atoms with Gasteiger partial charge in [-0.3, -0.25) is 0 Å². The molecule has 42 heavy (non-hydrogen) atoms. The third kappa shape index (κ3) is 4.88. The largest absolute Gasteiger partial charge is 0.456 e. The molecule has 0 spiro atoms. The Kier molecular flexibility index (Phi) is 7.25. The Morgan fingerprint density at radius 2 is 0.905 bits per heavy atom. The van der Waals surface area contributed by atoms with E-state index in [2.05, 4.69) is 172 Å². The fraction of sp³-hybridized carbons (Fsp3) is 0.0769. The maximum Gasteiger partial charge on any atom is 0.139 e.